The molecule has 1 aliphatic heterocycles. The first kappa shape index (κ1) is 14.3. The molecule has 0 radical (unpaired) electrons. The molecule has 1 aliphatic carbocycles. The van der Waals surface area contributed by atoms with Crippen LogP contribution in [0.15, 0.2) is 60.5 Å². The largest absolute Gasteiger partial charge is 0.345 e. The molecular weight excluding hydrogens is 278 g/mol. The molecule has 2 heterocycles. The van der Waals surface area contributed by atoms with E-state index in [1.54, 1.807) is 29.4 Å². The van der Waals surface area contributed by atoms with E-state index in [1.807, 2.05) is 6.08 Å². The summed E-state index contributed by atoms with van der Waals surface area (Å²) >= 11 is 0. The van der Waals surface area contributed by atoms with Gasteiger partial charge < -0.3 is 10.2 Å². The van der Waals surface area contributed by atoms with Crippen LogP contribution < -0.4 is 5.32 Å². The molecule has 3 rings (SSSR count). The molecule has 0 spiro atoms. The lowest BCUT2D eigenvalue weighted by molar-refractivity contribution is -0.124. The quantitative estimate of drug-likeness (QED) is 0.859. The predicted octanol–water partition coefficient (Wildman–Crippen LogP) is 1.46. The van der Waals surface area contributed by atoms with Crippen molar-refractivity contribution in [2.75, 3.05) is 13.1 Å². The highest BCUT2D eigenvalue weighted by atomic mass is 16.2. The Morgan fingerprint density at radius 1 is 1.36 bits per heavy atom. The minimum absolute atomic E-state index is 0.0507. The van der Waals surface area contributed by atoms with E-state index in [4.69, 9.17) is 0 Å². The van der Waals surface area contributed by atoms with Gasteiger partial charge in [0.15, 0.2) is 0 Å². The monoisotopic (exact) mass is 295 g/mol. The number of amides is 2. The Morgan fingerprint density at radius 3 is 2.91 bits per heavy atom. The Labute approximate surface area is 129 Å². The molecule has 2 aliphatic rings. The normalized spacial score (nSPS) is 19.8. The number of rotatable bonds is 3. The lowest BCUT2D eigenvalue weighted by atomic mass is 9.97. The molecule has 1 unspecified atom stereocenters. The van der Waals surface area contributed by atoms with Crippen LogP contribution in [0.3, 0.4) is 0 Å². The Morgan fingerprint density at radius 2 is 2.18 bits per heavy atom. The van der Waals surface area contributed by atoms with Gasteiger partial charge in [0.25, 0.3) is 5.91 Å². The van der Waals surface area contributed by atoms with E-state index in [-0.39, 0.29) is 17.9 Å². The van der Waals surface area contributed by atoms with Crippen LogP contribution in [0, 0.1) is 0 Å². The van der Waals surface area contributed by atoms with Crippen molar-refractivity contribution in [3.8, 4) is 0 Å². The minimum atomic E-state index is -0.135. The third kappa shape index (κ3) is 2.83. The highest BCUT2D eigenvalue weighted by molar-refractivity contribution is 5.94. The van der Waals surface area contributed by atoms with Crippen LogP contribution in [0.4, 0.5) is 0 Å². The smallest absolute Gasteiger partial charge is 0.253 e. The van der Waals surface area contributed by atoms with Gasteiger partial charge in [-0.1, -0.05) is 18.7 Å². The fourth-order valence-electron chi connectivity index (χ4n) is 2.74. The molecule has 0 bridgehead atoms. The predicted molar refractivity (Wildman–Crippen MR) is 83.1 cm³/mol. The number of nitrogens with zero attached hydrogens (tertiary/aromatic N) is 2. The number of carbonyl (C=O) groups is 2. The molecule has 22 heavy (non-hydrogen) atoms. The SMILES string of the molecule is C=CC(=O)N1CC2=CCC(NC(=O)c3cccnc3)C=C2C1. The molecule has 1 aromatic heterocycles. The zero-order valence-electron chi connectivity index (χ0n) is 12.2. The highest BCUT2D eigenvalue weighted by Crippen LogP contribution is 2.27. The van der Waals surface area contributed by atoms with Crippen molar-refractivity contribution < 1.29 is 9.59 Å². The maximum atomic E-state index is 12.1. The highest BCUT2D eigenvalue weighted by Gasteiger charge is 2.27. The number of hydrogen-bond acceptors (Lipinski definition) is 3. The molecule has 1 aromatic rings. The van der Waals surface area contributed by atoms with Crippen molar-refractivity contribution in [2.45, 2.75) is 12.5 Å². The molecule has 5 nitrogen and oxygen atoms in total. The van der Waals surface area contributed by atoms with E-state index in [2.05, 4.69) is 23.0 Å². The lowest BCUT2D eigenvalue weighted by Gasteiger charge is -2.18. The summed E-state index contributed by atoms with van der Waals surface area (Å²) in [5, 5.41) is 2.98. The van der Waals surface area contributed by atoms with E-state index in [1.165, 1.54) is 11.6 Å². The third-order valence-corrected chi connectivity index (χ3v) is 3.88. The summed E-state index contributed by atoms with van der Waals surface area (Å²) in [4.78, 5) is 29.5. The first-order valence-electron chi connectivity index (χ1n) is 7.19. The summed E-state index contributed by atoms with van der Waals surface area (Å²) in [7, 11) is 0. The topological polar surface area (TPSA) is 62.3 Å². The van der Waals surface area contributed by atoms with Crippen LogP contribution in [0.5, 0.6) is 0 Å². The van der Waals surface area contributed by atoms with E-state index in [0.717, 1.165) is 12.0 Å². The van der Waals surface area contributed by atoms with Crippen molar-refractivity contribution in [2.24, 2.45) is 0 Å². The molecule has 2 amide bonds. The number of fused-ring (bicyclic) bond motifs is 1. The molecule has 1 atom stereocenters. The van der Waals surface area contributed by atoms with Crippen molar-refractivity contribution in [1.82, 2.24) is 15.2 Å². The fourth-order valence-corrected chi connectivity index (χ4v) is 2.74. The van der Waals surface area contributed by atoms with Crippen LogP contribution in [0.2, 0.25) is 0 Å². The van der Waals surface area contributed by atoms with Crippen LogP contribution in [-0.4, -0.2) is 40.8 Å². The standard InChI is InChI=1S/C17H17N3O2/c1-2-16(21)20-10-13-5-6-15(8-14(13)11-20)19-17(22)12-4-3-7-18-9-12/h2-5,7-9,15H,1,6,10-11H2,(H,19,22). The number of nitrogens with one attached hydrogen (secondary N) is 1. The molecule has 5 heteroatoms. The Bertz CT molecular complexity index is 676. The number of likely N-dealkylation sites (tertiary alicyclic amines) is 1. The number of aromatic nitrogens is 1. The summed E-state index contributed by atoms with van der Waals surface area (Å²) < 4.78 is 0. The van der Waals surface area contributed by atoms with Gasteiger partial charge in [0.1, 0.15) is 0 Å². The fraction of sp³-hybridized carbons (Fsp3) is 0.235. The first-order chi connectivity index (χ1) is 10.7. The van der Waals surface area contributed by atoms with Gasteiger partial charge in [-0.25, -0.2) is 0 Å². The van der Waals surface area contributed by atoms with Gasteiger partial charge in [-0.3, -0.25) is 14.6 Å². The molecule has 1 fully saturated rings. The molecule has 1 saturated heterocycles. The second-order valence-corrected chi connectivity index (χ2v) is 5.38. The van der Waals surface area contributed by atoms with Crippen molar-refractivity contribution in [1.29, 1.82) is 0 Å². The van der Waals surface area contributed by atoms with Gasteiger partial charge in [-0.05, 0) is 35.8 Å². The number of hydrogen-bond donors (Lipinski definition) is 1. The average molecular weight is 295 g/mol. The second kappa shape index (κ2) is 5.97. The first-order valence-corrected chi connectivity index (χ1v) is 7.19. The number of pyridine rings is 1. The molecule has 0 saturated carbocycles. The van der Waals surface area contributed by atoms with E-state index >= 15 is 0 Å². The Balaban J connectivity index is 1.67. The van der Waals surface area contributed by atoms with Crippen molar-refractivity contribution >= 4 is 11.8 Å². The van der Waals surface area contributed by atoms with Crippen molar-refractivity contribution in [3.63, 3.8) is 0 Å². The summed E-state index contributed by atoms with van der Waals surface area (Å²) in [6.07, 6.45) is 9.39. The summed E-state index contributed by atoms with van der Waals surface area (Å²) in [6.45, 7) is 4.72. The van der Waals surface area contributed by atoms with Crippen molar-refractivity contribution in [3.05, 3.63) is 66.0 Å². The van der Waals surface area contributed by atoms with Gasteiger partial charge in [-0.2, -0.15) is 0 Å². The summed E-state index contributed by atoms with van der Waals surface area (Å²) in [5.41, 5.74) is 2.82. The minimum Gasteiger partial charge on any atom is -0.345 e. The summed E-state index contributed by atoms with van der Waals surface area (Å²) in [5.74, 6) is -0.198. The number of carbonyl (C=O) groups excluding carboxylic acids is 2. The van der Waals surface area contributed by atoms with Gasteiger partial charge in [-0.15, -0.1) is 0 Å². The Kier molecular flexibility index (Phi) is 3.87. The lowest BCUT2D eigenvalue weighted by Crippen LogP contribution is -2.34. The van der Waals surface area contributed by atoms with E-state index in [9.17, 15) is 9.59 Å². The third-order valence-electron chi connectivity index (χ3n) is 3.88. The van der Waals surface area contributed by atoms with Gasteiger partial charge in [0.2, 0.25) is 5.91 Å². The zero-order valence-corrected chi connectivity index (χ0v) is 12.2. The Hall–Kier alpha value is -2.69. The van der Waals surface area contributed by atoms with Crippen LogP contribution in [-0.2, 0) is 4.79 Å². The van der Waals surface area contributed by atoms with Gasteiger partial charge in [0, 0.05) is 25.5 Å². The summed E-state index contributed by atoms with van der Waals surface area (Å²) in [6, 6.07) is 3.42. The average Bonchev–Trinajstić information content (AvgIpc) is 2.98. The van der Waals surface area contributed by atoms with E-state index < -0.39 is 0 Å². The maximum Gasteiger partial charge on any atom is 0.253 e. The maximum absolute atomic E-state index is 12.1. The van der Waals surface area contributed by atoms with Crippen LogP contribution in [0.1, 0.15) is 16.8 Å². The zero-order chi connectivity index (χ0) is 15.5. The molecule has 112 valence electrons. The van der Waals surface area contributed by atoms with Gasteiger partial charge >= 0.3 is 0 Å². The van der Waals surface area contributed by atoms with Crippen LogP contribution >= 0.6 is 0 Å². The second-order valence-electron chi connectivity index (χ2n) is 5.38. The molecule has 0 aromatic carbocycles. The van der Waals surface area contributed by atoms with E-state index in [0.29, 0.717) is 18.7 Å². The molecular formula is C17H17N3O2. The van der Waals surface area contributed by atoms with Crippen LogP contribution in [0.25, 0.3) is 0 Å². The molecule has 1 N–H and O–H groups in total. The van der Waals surface area contributed by atoms with Gasteiger partial charge in [0.05, 0.1) is 11.6 Å².